The van der Waals surface area contributed by atoms with Gasteiger partial charge in [-0.15, -0.1) is 11.8 Å². The van der Waals surface area contributed by atoms with Crippen molar-refractivity contribution >= 4 is 17.5 Å². The Morgan fingerprint density at radius 2 is 2.54 bits per heavy atom. The lowest BCUT2D eigenvalue weighted by Crippen LogP contribution is -2.28. The van der Waals surface area contributed by atoms with Crippen molar-refractivity contribution in [2.75, 3.05) is 5.75 Å². The van der Waals surface area contributed by atoms with Crippen molar-refractivity contribution < 1.29 is 9.21 Å². The molecule has 1 saturated heterocycles. The third-order valence-electron chi connectivity index (χ3n) is 2.44. The number of ketones is 1. The van der Waals surface area contributed by atoms with Gasteiger partial charge in [-0.25, -0.2) is 0 Å². The molecule has 2 heterocycles. The van der Waals surface area contributed by atoms with E-state index in [-0.39, 0.29) is 10.5 Å². The van der Waals surface area contributed by atoms with Gasteiger partial charge in [0.2, 0.25) is 5.78 Å². The fourth-order valence-electron chi connectivity index (χ4n) is 1.63. The molecule has 1 fully saturated rings. The quantitative estimate of drug-likeness (QED) is 0.681. The Labute approximate surface area is 81.7 Å². The van der Waals surface area contributed by atoms with Crippen molar-refractivity contribution in [3.63, 3.8) is 0 Å². The second kappa shape index (κ2) is 3.22. The van der Waals surface area contributed by atoms with Gasteiger partial charge in [-0.1, -0.05) is 0 Å². The van der Waals surface area contributed by atoms with Crippen LogP contribution in [0, 0.1) is 0 Å². The minimum atomic E-state index is -0.238. The molecule has 1 aromatic heterocycles. The molecule has 70 valence electrons. The predicted octanol–water partition coefficient (Wildman–Crippen LogP) is 2.75. The second-order valence-electron chi connectivity index (χ2n) is 3.49. The van der Waals surface area contributed by atoms with E-state index in [0.717, 1.165) is 18.6 Å². The van der Waals surface area contributed by atoms with Gasteiger partial charge in [0.25, 0.3) is 0 Å². The van der Waals surface area contributed by atoms with Crippen LogP contribution in [0.4, 0.5) is 0 Å². The first kappa shape index (κ1) is 8.88. The summed E-state index contributed by atoms with van der Waals surface area (Å²) in [5.41, 5.74) is 0. The minimum Gasteiger partial charge on any atom is -0.461 e. The van der Waals surface area contributed by atoms with Crippen LogP contribution in [0.5, 0.6) is 0 Å². The number of hydrogen-bond acceptors (Lipinski definition) is 3. The Hall–Kier alpha value is -0.700. The maximum absolute atomic E-state index is 11.9. The SMILES string of the molecule is CC1(C(=O)c2ccco2)CCCS1. The lowest BCUT2D eigenvalue weighted by Gasteiger charge is -2.18. The third kappa shape index (κ3) is 1.53. The van der Waals surface area contributed by atoms with E-state index in [9.17, 15) is 4.79 Å². The van der Waals surface area contributed by atoms with Gasteiger partial charge in [-0.05, 0) is 37.7 Å². The average molecular weight is 196 g/mol. The summed E-state index contributed by atoms with van der Waals surface area (Å²) in [6, 6.07) is 3.50. The predicted molar refractivity (Wildman–Crippen MR) is 53.1 cm³/mol. The molecule has 3 heteroatoms. The van der Waals surface area contributed by atoms with Crippen molar-refractivity contribution in [1.82, 2.24) is 0 Å². The number of carbonyl (C=O) groups is 1. The van der Waals surface area contributed by atoms with Gasteiger partial charge in [0.15, 0.2) is 5.76 Å². The lowest BCUT2D eigenvalue weighted by molar-refractivity contribution is 0.0921. The summed E-state index contributed by atoms with van der Waals surface area (Å²) in [4.78, 5) is 11.9. The smallest absolute Gasteiger partial charge is 0.213 e. The topological polar surface area (TPSA) is 30.2 Å². The second-order valence-corrected chi connectivity index (χ2v) is 5.09. The molecule has 0 aliphatic carbocycles. The highest BCUT2D eigenvalue weighted by atomic mass is 32.2. The summed E-state index contributed by atoms with van der Waals surface area (Å²) in [5, 5.41) is 0. The number of hydrogen-bond donors (Lipinski definition) is 0. The number of Topliss-reactive ketones (excluding diaryl/α,β-unsaturated/α-hetero) is 1. The molecule has 0 bridgehead atoms. The zero-order valence-corrected chi connectivity index (χ0v) is 8.39. The first-order valence-corrected chi connectivity index (χ1v) is 5.43. The molecule has 0 radical (unpaired) electrons. The molecule has 1 aromatic rings. The molecule has 0 aromatic carbocycles. The molecule has 1 aliphatic rings. The number of carbonyl (C=O) groups excluding carboxylic acids is 1. The third-order valence-corrected chi connectivity index (χ3v) is 3.96. The Kier molecular flexibility index (Phi) is 2.20. The van der Waals surface area contributed by atoms with E-state index < -0.39 is 0 Å². The van der Waals surface area contributed by atoms with E-state index in [1.807, 2.05) is 6.92 Å². The largest absolute Gasteiger partial charge is 0.461 e. The van der Waals surface area contributed by atoms with Crippen molar-refractivity contribution in [3.8, 4) is 0 Å². The van der Waals surface area contributed by atoms with Gasteiger partial charge in [0, 0.05) is 0 Å². The van der Waals surface area contributed by atoms with Crippen LogP contribution in [0.2, 0.25) is 0 Å². The van der Waals surface area contributed by atoms with Gasteiger partial charge in [0.1, 0.15) is 0 Å². The molecule has 1 atom stereocenters. The lowest BCUT2D eigenvalue weighted by atomic mass is 9.99. The molecular weight excluding hydrogens is 184 g/mol. The van der Waals surface area contributed by atoms with Gasteiger partial charge >= 0.3 is 0 Å². The summed E-state index contributed by atoms with van der Waals surface area (Å²) >= 11 is 1.74. The Morgan fingerprint density at radius 1 is 1.69 bits per heavy atom. The molecule has 2 nitrogen and oxygen atoms in total. The van der Waals surface area contributed by atoms with Crippen LogP contribution >= 0.6 is 11.8 Å². The van der Waals surface area contributed by atoms with E-state index in [2.05, 4.69) is 0 Å². The Morgan fingerprint density at radius 3 is 3.08 bits per heavy atom. The summed E-state index contributed by atoms with van der Waals surface area (Å²) in [6.45, 7) is 2.01. The Bertz CT molecular complexity index is 297. The highest BCUT2D eigenvalue weighted by Crippen LogP contribution is 2.40. The summed E-state index contributed by atoms with van der Waals surface area (Å²) in [6.07, 6.45) is 3.65. The van der Waals surface area contributed by atoms with E-state index in [0.29, 0.717) is 5.76 Å². The minimum absolute atomic E-state index is 0.139. The van der Waals surface area contributed by atoms with E-state index >= 15 is 0 Å². The van der Waals surface area contributed by atoms with Gasteiger partial charge < -0.3 is 4.42 Å². The standard InChI is InChI=1S/C10H12O2S/c1-10(5-3-7-13-10)9(11)8-4-2-6-12-8/h2,4,6H,3,5,7H2,1H3. The van der Waals surface area contributed by atoms with E-state index in [4.69, 9.17) is 4.42 Å². The van der Waals surface area contributed by atoms with Gasteiger partial charge in [-0.3, -0.25) is 4.79 Å². The molecule has 0 amide bonds. The average Bonchev–Trinajstić information content (AvgIpc) is 2.73. The van der Waals surface area contributed by atoms with Crippen molar-refractivity contribution in [3.05, 3.63) is 24.2 Å². The monoisotopic (exact) mass is 196 g/mol. The molecule has 1 unspecified atom stereocenters. The highest BCUT2D eigenvalue weighted by Gasteiger charge is 2.38. The highest BCUT2D eigenvalue weighted by molar-refractivity contribution is 8.01. The molecular formula is C10H12O2S. The Balaban J connectivity index is 2.21. The number of furan rings is 1. The van der Waals surface area contributed by atoms with Crippen LogP contribution in [0.1, 0.15) is 30.3 Å². The van der Waals surface area contributed by atoms with E-state index in [1.54, 1.807) is 30.2 Å². The zero-order chi connectivity index (χ0) is 9.31. The first-order chi connectivity index (χ1) is 6.22. The molecule has 1 aliphatic heterocycles. The summed E-state index contributed by atoms with van der Waals surface area (Å²) < 4.78 is 4.87. The van der Waals surface area contributed by atoms with E-state index in [1.165, 1.54) is 0 Å². The maximum atomic E-state index is 11.9. The fourth-order valence-corrected chi connectivity index (χ4v) is 2.89. The zero-order valence-electron chi connectivity index (χ0n) is 7.58. The maximum Gasteiger partial charge on any atom is 0.213 e. The summed E-state index contributed by atoms with van der Waals surface area (Å²) in [5.74, 6) is 1.72. The van der Waals surface area contributed by atoms with Gasteiger partial charge in [-0.2, -0.15) is 0 Å². The number of thioether (sulfide) groups is 1. The van der Waals surface area contributed by atoms with Gasteiger partial charge in [0.05, 0.1) is 11.0 Å². The number of rotatable bonds is 2. The van der Waals surface area contributed by atoms with Crippen LogP contribution in [0.15, 0.2) is 22.8 Å². The van der Waals surface area contributed by atoms with Crippen LogP contribution in [-0.2, 0) is 0 Å². The van der Waals surface area contributed by atoms with Crippen molar-refractivity contribution in [1.29, 1.82) is 0 Å². The fraction of sp³-hybridized carbons (Fsp3) is 0.500. The molecule has 0 spiro atoms. The van der Waals surface area contributed by atoms with Crippen molar-refractivity contribution in [2.24, 2.45) is 0 Å². The van der Waals surface area contributed by atoms with Crippen LogP contribution in [0.25, 0.3) is 0 Å². The molecule has 2 rings (SSSR count). The van der Waals surface area contributed by atoms with Crippen LogP contribution < -0.4 is 0 Å². The molecule has 0 N–H and O–H groups in total. The molecule has 0 saturated carbocycles. The summed E-state index contributed by atoms with van der Waals surface area (Å²) in [7, 11) is 0. The first-order valence-electron chi connectivity index (χ1n) is 4.45. The van der Waals surface area contributed by atoms with Crippen LogP contribution in [-0.4, -0.2) is 16.3 Å². The molecule has 13 heavy (non-hydrogen) atoms. The van der Waals surface area contributed by atoms with Crippen LogP contribution in [0.3, 0.4) is 0 Å². The normalized spacial score (nSPS) is 27.8. The van der Waals surface area contributed by atoms with Crippen molar-refractivity contribution in [2.45, 2.75) is 24.5 Å².